The summed E-state index contributed by atoms with van der Waals surface area (Å²) in [4.78, 5) is 4.13. The third-order valence-corrected chi connectivity index (χ3v) is 1.82. The van der Waals surface area contributed by atoms with Crippen LogP contribution < -0.4 is 5.73 Å². The maximum absolute atomic E-state index is 5.73. The summed E-state index contributed by atoms with van der Waals surface area (Å²) in [5.41, 5.74) is 5.73. The highest BCUT2D eigenvalue weighted by Gasteiger charge is 2.12. The van der Waals surface area contributed by atoms with E-state index >= 15 is 0 Å². The second-order valence-corrected chi connectivity index (χ2v) is 3.12. The van der Waals surface area contributed by atoms with Crippen molar-refractivity contribution in [3.8, 4) is 0 Å². The molecule has 1 atom stereocenters. The van der Waals surface area contributed by atoms with Crippen molar-refractivity contribution in [2.45, 2.75) is 39.3 Å². The fraction of sp³-hybridized carbons (Fsp3) is 0.778. The fourth-order valence-corrected chi connectivity index (χ4v) is 0.959. The van der Waals surface area contributed by atoms with Crippen molar-refractivity contribution in [3.63, 3.8) is 0 Å². The first-order valence-electron chi connectivity index (χ1n) is 4.93. The van der Waals surface area contributed by atoms with Crippen LogP contribution in [0, 0.1) is 0 Å². The van der Waals surface area contributed by atoms with Crippen molar-refractivity contribution in [1.29, 1.82) is 0 Å². The molecule has 5 nitrogen and oxygen atoms in total. The molecule has 0 aliphatic heterocycles. The van der Waals surface area contributed by atoms with Crippen LogP contribution in [0.2, 0.25) is 0 Å². The van der Waals surface area contributed by atoms with Crippen LogP contribution in [0.1, 0.15) is 44.4 Å². The molecule has 14 heavy (non-hydrogen) atoms. The summed E-state index contributed by atoms with van der Waals surface area (Å²) < 4.78 is 10.3. The molecular formula is C9H17N3O2. The SMILES string of the molecule is CCCOCc1noc([C@H](N)CC)n1. The van der Waals surface area contributed by atoms with E-state index in [1.165, 1.54) is 0 Å². The number of nitrogens with zero attached hydrogens (tertiary/aromatic N) is 2. The lowest BCUT2D eigenvalue weighted by Crippen LogP contribution is -2.09. The number of nitrogens with two attached hydrogens (primary N) is 1. The summed E-state index contributed by atoms with van der Waals surface area (Å²) in [6, 6.07) is -0.164. The largest absolute Gasteiger partial charge is 0.373 e. The highest BCUT2D eigenvalue weighted by molar-refractivity contribution is 4.89. The Morgan fingerprint density at radius 3 is 2.93 bits per heavy atom. The third kappa shape index (κ3) is 3.08. The minimum absolute atomic E-state index is 0.164. The van der Waals surface area contributed by atoms with Crippen LogP contribution in [0.4, 0.5) is 0 Å². The van der Waals surface area contributed by atoms with E-state index in [0.717, 1.165) is 12.8 Å². The smallest absolute Gasteiger partial charge is 0.243 e. The molecular weight excluding hydrogens is 182 g/mol. The fourth-order valence-electron chi connectivity index (χ4n) is 0.959. The number of hydrogen-bond donors (Lipinski definition) is 1. The third-order valence-electron chi connectivity index (χ3n) is 1.82. The normalized spacial score (nSPS) is 13.1. The molecule has 0 saturated carbocycles. The second kappa shape index (κ2) is 5.72. The summed E-state index contributed by atoms with van der Waals surface area (Å²) in [5.74, 6) is 1.06. The van der Waals surface area contributed by atoms with Gasteiger partial charge < -0.3 is 15.0 Å². The van der Waals surface area contributed by atoms with Gasteiger partial charge in [-0.25, -0.2) is 0 Å². The molecule has 80 valence electrons. The van der Waals surface area contributed by atoms with Gasteiger partial charge in [0, 0.05) is 6.61 Å². The number of ether oxygens (including phenoxy) is 1. The van der Waals surface area contributed by atoms with Gasteiger partial charge in [-0.2, -0.15) is 4.98 Å². The van der Waals surface area contributed by atoms with Crippen molar-refractivity contribution in [3.05, 3.63) is 11.7 Å². The van der Waals surface area contributed by atoms with Crippen LogP contribution in [0.25, 0.3) is 0 Å². The molecule has 0 spiro atoms. The van der Waals surface area contributed by atoms with E-state index in [1.54, 1.807) is 0 Å². The van der Waals surface area contributed by atoms with E-state index in [1.807, 2.05) is 6.92 Å². The van der Waals surface area contributed by atoms with E-state index in [-0.39, 0.29) is 6.04 Å². The van der Waals surface area contributed by atoms with Gasteiger partial charge in [0.15, 0.2) is 5.82 Å². The van der Waals surface area contributed by atoms with Crippen molar-refractivity contribution < 1.29 is 9.26 Å². The van der Waals surface area contributed by atoms with Crippen molar-refractivity contribution in [2.24, 2.45) is 5.73 Å². The molecule has 0 amide bonds. The zero-order valence-corrected chi connectivity index (χ0v) is 8.69. The molecule has 0 radical (unpaired) electrons. The summed E-state index contributed by atoms with van der Waals surface area (Å²) in [6.07, 6.45) is 1.77. The second-order valence-electron chi connectivity index (χ2n) is 3.12. The van der Waals surface area contributed by atoms with E-state index in [9.17, 15) is 0 Å². The number of hydrogen-bond acceptors (Lipinski definition) is 5. The molecule has 0 bridgehead atoms. The van der Waals surface area contributed by atoms with E-state index < -0.39 is 0 Å². The highest BCUT2D eigenvalue weighted by atomic mass is 16.5. The average Bonchev–Trinajstić information content (AvgIpc) is 2.66. The lowest BCUT2D eigenvalue weighted by molar-refractivity contribution is 0.114. The molecule has 0 saturated heterocycles. The van der Waals surface area contributed by atoms with E-state index in [0.29, 0.717) is 24.9 Å². The molecule has 0 aliphatic carbocycles. The Kier molecular flexibility index (Phi) is 4.55. The topological polar surface area (TPSA) is 74.2 Å². The number of rotatable bonds is 6. The Morgan fingerprint density at radius 2 is 2.29 bits per heavy atom. The highest BCUT2D eigenvalue weighted by Crippen LogP contribution is 2.10. The van der Waals surface area contributed by atoms with Gasteiger partial charge in [-0.05, 0) is 12.8 Å². The van der Waals surface area contributed by atoms with Crippen LogP contribution in [0.15, 0.2) is 4.52 Å². The molecule has 1 aromatic heterocycles. The Balaban J connectivity index is 2.42. The Bertz CT molecular complexity index is 262. The molecule has 0 unspecified atom stereocenters. The van der Waals surface area contributed by atoms with Crippen LogP contribution in [-0.4, -0.2) is 16.7 Å². The minimum atomic E-state index is -0.164. The van der Waals surface area contributed by atoms with Crippen LogP contribution in [0.3, 0.4) is 0 Å². The molecule has 0 fully saturated rings. The monoisotopic (exact) mass is 199 g/mol. The average molecular weight is 199 g/mol. The van der Waals surface area contributed by atoms with E-state index in [4.69, 9.17) is 15.0 Å². The van der Waals surface area contributed by atoms with Crippen molar-refractivity contribution in [1.82, 2.24) is 10.1 Å². The Labute approximate surface area is 83.6 Å². The number of aromatic nitrogens is 2. The van der Waals surface area contributed by atoms with Gasteiger partial charge in [-0.1, -0.05) is 19.0 Å². The molecule has 0 aliphatic rings. The van der Waals surface area contributed by atoms with E-state index in [2.05, 4.69) is 17.1 Å². The van der Waals surface area contributed by atoms with Gasteiger partial charge in [0.25, 0.3) is 0 Å². The van der Waals surface area contributed by atoms with Crippen LogP contribution >= 0.6 is 0 Å². The molecule has 1 heterocycles. The standard InChI is InChI=1S/C9H17N3O2/c1-3-5-13-6-8-11-9(14-12-8)7(10)4-2/h7H,3-6,10H2,1-2H3/t7-/m1/s1. The van der Waals surface area contributed by atoms with Gasteiger partial charge in [0.05, 0.1) is 6.04 Å². The van der Waals surface area contributed by atoms with Crippen LogP contribution in [0.5, 0.6) is 0 Å². The summed E-state index contributed by atoms with van der Waals surface area (Å²) in [5, 5.41) is 3.77. The minimum Gasteiger partial charge on any atom is -0.373 e. The maximum Gasteiger partial charge on any atom is 0.243 e. The maximum atomic E-state index is 5.73. The lowest BCUT2D eigenvalue weighted by Gasteiger charge is -1.99. The predicted molar refractivity (Wildman–Crippen MR) is 51.5 cm³/mol. The Hall–Kier alpha value is -0.940. The molecule has 2 N–H and O–H groups in total. The van der Waals surface area contributed by atoms with Gasteiger partial charge in [0.2, 0.25) is 5.89 Å². The van der Waals surface area contributed by atoms with Crippen molar-refractivity contribution in [2.75, 3.05) is 6.61 Å². The summed E-state index contributed by atoms with van der Waals surface area (Å²) in [6.45, 7) is 5.13. The summed E-state index contributed by atoms with van der Waals surface area (Å²) in [7, 11) is 0. The first-order valence-corrected chi connectivity index (χ1v) is 4.93. The zero-order chi connectivity index (χ0) is 10.4. The quantitative estimate of drug-likeness (QED) is 0.701. The first-order chi connectivity index (χ1) is 6.77. The molecule has 1 rings (SSSR count). The zero-order valence-electron chi connectivity index (χ0n) is 8.69. The Morgan fingerprint density at radius 1 is 1.50 bits per heavy atom. The van der Waals surface area contributed by atoms with Crippen molar-refractivity contribution >= 4 is 0 Å². The molecule has 1 aromatic rings. The first kappa shape index (κ1) is 11.1. The lowest BCUT2D eigenvalue weighted by atomic mass is 10.2. The molecule has 5 heteroatoms. The van der Waals surface area contributed by atoms with Gasteiger partial charge >= 0.3 is 0 Å². The van der Waals surface area contributed by atoms with Gasteiger partial charge in [-0.15, -0.1) is 0 Å². The summed E-state index contributed by atoms with van der Waals surface area (Å²) >= 11 is 0. The predicted octanol–water partition coefficient (Wildman–Crippen LogP) is 1.41. The van der Waals surface area contributed by atoms with Gasteiger partial charge in [0.1, 0.15) is 6.61 Å². The van der Waals surface area contributed by atoms with Gasteiger partial charge in [-0.3, -0.25) is 0 Å². The molecule has 0 aromatic carbocycles. The van der Waals surface area contributed by atoms with Crippen LogP contribution in [-0.2, 0) is 11.3 Å².